The van der Waals surface area contributed by atoms with Crippen molar-refractivity contribution in [3.8, 4) is 0 Å². The minimum absolute atomic E-state index is 0.00290. The SMILES string of the molecule is O=C(COC(=O)[C@H]1[C@H]2CC[C@H](C2)[C@@H]1C(=O)c1ccccc1)Nc1cccc(Cl)c1. The smallest absolute Gasteiger partial charge is 0.310 e. The third-order valence-electron chi connectivity index (χ3n) is 6.00. The van der Waals surface area contributed by atoms with Crippen molar-refractivity contribution in [2.75, 3.05) is 11.9 Å². The average molecular weight is 412 g/mol. The number of halogens is 1. The van der Waals surface area contributed by atoms with E-state index in [1.54, 1.807) is 36.4 Å². The third-order valence-corrected chi connectivity index (χ3v) is 6.24. The molecule has 2 aromatic carbocycles. The molecule has 1 N–H and O–H groups in total. The molecule has 29 heavy (non-hydrogen) atoms. The van der Waals surface area contributed by atoms with Crippen LogP contribution < -0.4 is 5.32 Å². The van der Waals surface area contributed by atoms with Crippen molar-refractivity contribution in [1.29, 1.82) is 0 Å². The molecule has 0 radical (unpaired) electrons. The Morgan fingerprint density at radius 3 is 2.41 bits per heavy atom. The predicted molar refractivity (Wildman–Crippen MR) is 110 cm³/mol. The highest BCUT2D eigenvalue weighted by Gasteiger charge is 2.54. The van der Waals surface area contributed by atoms with Crippen LogP contribution in [0.2, 0.25) is 5.02 Å². The lowest BCUT2D eigenvalue weighted by Crippen LogP contribution is -2.37. The molecule has 2 aliphatic carbocycles. The summed E-state index contributed by atoms with van der Waals surface area (Å²) in [5, 5.41) is 3.16. The number of carbonyl (C=O) groups excluding carboxylic acids is 3. The molecule has 0 aliphatic heterocycles. The number of amides is 1. The van der Waals surface area contributed by atoms with Crippen molar-refractivity contribution in [1.82, 2.24) is 0 Å². The van der Waals surface area contributed by atoms with Crippen molar-refractivity contribution in [3.63, 3.8) is 0 Å². The summed E-state index contributed by atoms with van der Waals surface area (Å²) < 4.78 is 5.32. The molecule has 4 atom stereocenters. The lowest BCUT2D eigenvalue weighted by molar-refractivity contribution is -0.154. The molecule has 2 saturated carbocycles. The number of ether oxygens (including phenoxy) is 1. The molecule has 4 rings (SSSR count). The van der Waals surface area contributed by atoms with Crippen molar-refractivity contribution in [2.45, 2.75) is 19.3 Å². The Labute approximate surface area is 174 Å². The predicted octanol–water partition coefficient (Wildman–Crippen LogP) is 4.37. The Hall–Kier alpha value is -2.66. The van der Waals surface area contributed by atoms with E-state index >= 15 is 0 Å². The van der Waals surface area contributed by atoms with Crippen LogP contribution in [0.1, 0.15) is 29.6 Å². The van der Waals surface area contributed by atoms with E-state index < -0.39 is 17.8 Å². The minimum Gasteiger partial charge on any atom is -0.455 e. The van der Waals surface area contributed by atoms with E-state index in [1.165, 1.54) is 0 Å². The van der Waals surface area contributed by atoms with Crippen molar-refractivity contribution in [3.05, 3.63) is 65.2 Å². The van der Waals surface area contributed by atoms with Gasteiger partial charge in [0.2, 0.25) is 0 Å². The van der Waals surface area contributed by atoms with Gasteiger partial charge in [0, 0.05) is 22.2 Å². The zero-order valence-electron chi connectivity index (χ0n) is 15.8. The fourth-order valence-corrected chi connectivity index (χ4v) is 4.99. The summed E-state index contributed by atoms with van der Waals surface area (Å²) >= 11 is 5.91. The van der Waals surface area contributed by atoms with Gasteiger partial charge < -0.3 is 10.1 Å². The van der Waals surface area contributed by atoms with E-state index in [-0.39, 0.29) is 30.1 Å². The van der Waals surface area contributed by atoms with Gasteiger partial charge in [0.1, 0.15) is 0 Å². The van der Waals surface area contributed by atoms with E-state index in [0.29, 0.717) is 16.3 Å². The van der Waals surface area contributed by atoms with E-state index in [4.69, 9.17) is 16.3 Å². The Morgan fingerprint density at radius 1 is 0.966 bits per heavy atom. The van der Waals surface area contributed by atoms with Crippen LogP contribution in [-0.2, 0) is 14.3 Å². The number of benzene rings is 2. The second-order valence-electron chi connectivity index (χ2n) is 7.78. The first-order valence-electron chi connectivity index (χ1n) is 9.84. The number of esters is 1. The molecule has 2 fully saturated rings. The van der Waals surface area contributed by atoms with Crippen molar-refractivity contribution < 1.29 is 19.1 Å². The standard InChI is InChI=1S/C23H22ClNO4/c24-17-7-4-8-18(12-17)25-19(26)13-29-23(28)21-16-10-9-15(11-16)20(21)22(27)14-5-2-1-3-6-14/h1-8,12,15-16,20-21H,9-11,13H2,(H,25,26)/t15-,16+,20+,21+/m1/s1. The van der Waals surface area contributed by atoms with Crippen LogP contribution in [0.5, 0.6) is 0 Å². The molecule has 1 amide bonds. The highest BCUT2D eigenvalue weighted by atomic mass is 35.5. The van der Waals surface area contributed by atoms with Crippen molar-refractivity contribution >= 4 is 34.9 Å². The first kappa shape index (κ1) is 19.6. The summed E-state index contributed by atoms with van der Waals surface area (Å²) in [6, 6.07) is 15.8. The van der Waals surface area contributed by atoms with E-state index in [1.807, 2.05) is 18.2 Å². The number of carbonyl (C=O) groups is 3. The first-order valence-corrected chi connectivity index (χ1v) is 10.2. The summed E-state index contributed by atoms with van der Waals surface area (Å²) in [4.78, 5) is 38.0. The van der Waals surface area contributed by atoms with Crippen LogP contribution in [0.25, 0.3) is 0 Å². The lowest BCUT2D eigenvalue weighted by atomic mass is 9.75. The highest BCUT2D eigenvalue weighted by molar-refractivity contribution is 6.30. The molecular formula is C23H22ClNO4. The molecule has 6 heteroatoms. The largest absolute Gasteiger partial charge is 0.455 e. The fraction of sp³-hybridized carbons (Fsp3) is 0.348. The number of nitrogens with one attached hydrogen (secondary N) is 1. The number of fused-ring (bicyclic) bond motifs is 2. The van der Waals surface area contributed by atoms with Gasteiger partial charge in [-0.25, -0.2) is 0 Å². The van der Waals surface area contributed by atoms with Crippen LogP contribution in [0, 0.1) is 23.7 Å². The van der Waals surface area contributed by atoms with Crippen LogP contribution in [0.15, 0.2) is 54.6 Å². The summed E-state index contributed by atoms with van der Waals surface area (Å²) in [7, 11) is 0. The van der Waals surface area contributed by atoms with E-state index in [9.17, 15) is 14.4 Å². The maximum absolute atomic E-state index is 13.1. The maximum atomic E-state index is 13.1. The minimum atomic E-state index is -0.472. The molecule has 150 valence electrons. The number of hydrogen-bond acceptors (Lipinski definition) is 4. The second kappa shape index (κ2) is 8.37. The lowest BCUT2D eigenvalue weighted by Gasteiger charge is -2.28. The molecule has 5 nitrogen and oxygen atoms in total. The summed E-state index contributed by atoms with van der Waals surface area (Å²) in [5.41, 5.74) is 1.16. The monoisotopic (exact) mass is 411 g/mol. The second-order valence-corrected chi connectivity index (χ2v) is 8.22. The van der Waals surface area contributed by atoms with Gasteiger partial charge in [-0.15, -0.1) is 0 Å². The van der Waals surface area contributed by atoms with Crippen molar-refractivity contribution in [2.24, 2.45) is 23.7 Å². The normalized spacial score (nSPS) is 24.9. The zero-order chi connectivity index (χ0) is 20.4. The van der Waals surface area contributed by atoms with Gasteiger partial charge in [0.05, 0.1) is 5.92 Å². The first-order chi connectivity index (χ1) is 14.0. The number of anilines is 1. The van der Waals surface area contributed by atoms with E-state index in [0.717, 1.165) is 19.3 Å². The molecule has 0 spiro atoms. The molecule has 0 aromatic heterocycles. The molecule has 2 aromatic rings. The van der Waals surface area contributed by atoms with Crippen LogP contribution in [0.4, 0.5) is 5.69 Å². The van der Waals surface area contributed by atoms with Gasteiger partial charge >= 0.3 is 5.97 Å². The average Bonchev–Trinajstić information content (AvgIpc) is 3.34. The third kappa shape index (κ3) is 4.20. The quantitative estimate of drug-likeness (QED) is 0.566. The summed E-state index contributed by atoms with van der Waals surface area (Å²) in [6.07, 6.45) is 2.77. The maximum Gasteiger partial charge on any atom is 0.310 e. The number of Topliss-reactive ketones (excluding diaryl/α,β-unsaturated/α-hetero) is 1. The van der Waals surface area contributed by atoms with E-state index in [2.05, 4.69) is 5.32 Å². The number of ketones is 1. The number of hydrogen-bond donors (Lipinski definition) is 1. The van der Waals surface area contributed by atoms with Crippen LogP contribution in [0.3, 0.4) is 0 Å². The van der Waals surface area contributed by atoms with Crippen LogP contribution in [-0.4, -0.2) is 24.3 Å². The van der Waals surface area contributed by atoms with Gasteiger partial charge in [-0.3, -0.25) is 14.4 Å². The van der Waals surface area contributed by atoms with Gasteiger partial charge in [0.25, 0.3) is 5.91 Å². The number of rotatable bonds is 6. The topological polar surface area (TPSA) is 72.5 Å². The Morgan fingerprint density at radius 2 is 1.69 bits per heavy atom. The summed E-state index contributed by atoms with van der Waals surface area (Å²) in [5.74, 6) is -1.35. The zero-order valence-corrected chi connectivity index (χ0v) is 16.6. The van der Waals surface area contributed by atoms with Crippen LogP contribution >= 0.6 is 11.6 Å². The fourth-order valence-electron chi connectivity index (χ4n) is 4.80. The Balaban J connectivity index is 1.40. The molecule has 2 bridgehead atoms. The Bertz CT molecular complexity index is 929. The molecule has 2 aliphatic rings. The van der Waals surface area contributed by atoms with Gasteiger partial charge in [0.15, 0.2) is 12.4 Å². The van der Waals surface area contributed by atoms with Gasteiger partial charge in [-0.05, 0) is 49.3 Å². The molecule has 0 saturated heterocycles. The van der Waals surface area contributed by atoms with Gasteiger partial charge in [-0.1, -0.05) is 48.0 Å². The highest BCUT2D eigenvalue weighted by Crippen LogP contribution is 2.53. The van der Waals surface area contributed by atoms with Gasteiger partial charge in [-0.2, -0.15) is 0 Å². The molecule has 0 unspecified atom stereocenters. The molecule has 0 heterocycles. The summed E-state index contributed by atoms with van der Waals surface area (Å²) in [6.45, 7) is -0.383. The molecular weight excluding hydrogens is 390 g/mol. The Kier molecular flexibility index (Phi) is 5.67.